The van der Waals surface area contributed by atoms with E-state index in [0.29, 0.717) is 6.42 Å². The maximum atomic E-state index is 10.9. The Morgan fingerprint density at radius 1 is 1.40 bits per heavy atom. The van der Waals surface area contributed by atoms with E-state index in [-0.39, 0.29) is 11.3 Å². The Morgan fingerprint density at radius 3 is 2.27 bits per heavy atom. The van der Waals surface area contributed by atoms with Crippen molar-refractivity contribution in [1.82, 2.24) is 5.32 Å². The van der Waals surface area contributed by atoms with E-state index < -0.39 is 12.0 Å². The Morgan fingerprint density at radius 2 is 1.93 bits per heavy atom. The first-order valence-electron chi connectivity index (χ1n) is 5.28. The summed E-state index contributed by atoms with van der Waals surface area (Å²) in [5, 5.41) is 11.4. The number of rotatable bonds is 6. The van der Waals surface area contributed by atoms with Crippen LogP contribution in [-0.4, -0.2) is 23.0 Å². The molecule has 0 aromatic heterocycles. The van der Waals surface area contributed by atoms with Gasteiger partial charge in [-0.1, -0.05) is 27.2 Å². The lowest BCUT2D eigenvalue weighted by Crippen LogP contribution is -2.42. The first-order valence-corrected chi connectivity index (χ1v) is 5.28. The van der Waals surface area contributed by atoms with Gasteiger partial charge >= 0.3 is 5.97 Å². The molecule has 15 heavy (non-hydrogen) atoms. The number of nitrogens with one attached hydrogen (secondary N) is 1. The van der Waals surface area contributed by atoms with Crippen molar-refractivity contribution in [3.05, 3.63) is 0 Å². The largest absolute Gasteiger partial charge is 0.480 e. The Labute approximate surface area is 91.1 Å². The monoisotopic (exact) mass is 215 g/mol. The molecule has 1 atom stereocenters. The summed E-state index contributed by atoms with van der Waals surface area (Å²) in [6.45, 7) is 7.45. The van der Waals surface area contributed by atoms with Gasteiger partial charge in [0, 0.05) is 6.92 Å². The highest BCUT2D eigenvalue weighted by molar-refractivity contribution is 5.82. The van der Waals surface area contributed by atoms with Crippen LogP contribution >= 0.6 is 0 Å². The molecule has 0 rings (SSSR count). The van der Waals surface area contributed by atoms with Crippen LogP contribution in [-0.2, 0) is 9.59 Å². The number of hydrogen-bond donors (Lipinski definition) is 2. The molecule has 0 saturated heterocycles. The van der Waals surface area contributed by atoms with Gasteiger partial charge in [0.05, 0.1) is 0 Å². The molecule has 2 N–H and O–H groups in total. The number of carboxylic acids is 1. The number of amides is 1. The molecule has 0 aliphatic heterocycles. The van der Waals surface area contributed by atoms with Crippen molar-refractivity contribution < 1.29 is 14.7 Å². The van der Waals surface area contributed by atoms with Gasteiger partial charge in [0.2, 0.25) is 5.91 Å². The quantitative estimate of drug-likeness (QED) is 0.710. The van der Waals surface area contributed by atoms with Gasteiger partial charge in [-0.3, -0.25) is 4.79 Å². The third kappa shape index (κ3) is 6.10. The summed E-state index contributed by atoms with van der Waals surface area (Å²) in [5.41, 5.74) is -0.0553. The molecule has 0 unspecified atom stereocenters. The Balaban J connectivity index is 4.40. The van der Waals surface area contributed by atoms with E-state index in [9.17, 15) is 9.59 Å². The van der Waals surface area contributed by atoms with Gasteiger partial charge in [-0.25, -0.2) is 4.79 Å². The van der Waals surface area contributed by atoms with Crippen molar-refractivity contribution in [2.24, 2.45) is 5.41 Å². The average Bonchev–Trinajstić information content (AvgIpc) is 2.00. The van der Waals surface area contributed by atoms with Gasteiger partial charge in [0.25, 0.3) is 0 Å². The van der Waals surface area contributed by atoms with Crippen LogP contribution < -0.4 is 5.32 Å². The summed E-state index contributed by atoms with van der Waals surface area (Å²) >= 11 is 0. The zero-order chi connectivity index (χ0) is 12.1. The zero-order valence-electron chi connectivity index (χ0n) is 9.96. The SMILES string of the molecule is CCCC(C)(C)C[C@H](NC(C)=O)C(=O)O. The number of carbonyl (C=O) groups is 2. The second-order valence-corrected chi connectivity index (χ2v) is 4.71. The van der Waals surface area contributed by atoms with Crippen LogP contribution in [0.1, 0.15) is 47.0 Å². The van der Waals surface area contributed by atoms with Crippen molar-refractivity contribution in [1.29, 1.82) is 0 Å². The molecule has 0 radical (unpaired) electrons. The van der Waals surface area contributed by atoms with E-state index in [1.807, 2.05) is 13.8 Å². The van der Waals surface area contributed by atoms with Crippen LogP contribution in [0.4, 0.5) is 0 Å². The maximum Gasteiger partial charge on any atom is 0.326 e. The summed E-state index contributed by atoms with van der Waals surface area (Å²) in [6, 6.07) is -0.774. The van der Waals surface area contributed by atoms with Crippen molar-refractivity contribution in [2.75, 3.05) is 0 Å². The summed E-state index contributed by atoms with van der Waals surface area (Å²) in [6.07, 6.45) is 2.44. The molecule has 4 heteroatoms. The van der Waals surface area contributed by atoms with E-state index >= 15 is 0 Å². The van der Waals surface area contributed by atoms with Crippen LogP contribution in [0.5, 0.6) is 0 Å². The van der Waals surface area contributed by atoms with Crippen molar-refractivity contribution >= 4 is 11.9 Å². The Bertz CT molecular complexity index is 236. The predicted molar refractivity (Wildman–Crippen MR) is 58.5 cm³/mol. The lowest BCUT2D eigenvalue weighted by atomic mass is 9.81. The first-order chi connectivity index (χ1) is 6.78. The lowest BCUT2D eigenvalue weighted by Gasteiger charge is -2.27. The summed E-state index contributed by atoms with van der Waals surface area (Å²) in [5.74, 6) is -1.26. The number of carboxylic acid groups (broad SMARTS) is 1. The zero-order valence-corrected chi connectivity index (χ0v) is 9.96. The fourth-order valence-corrected chi connectivity index (χ4v) is 1.78. The molecular formula is C11H21NO3. The standard InChI is InChI=1S/C11H21NO3/c1-5-6-11(3,4)7-9(10(14)15)12-8(2)13/h9H,5-7H2,1-4H3,(H,12,13)(H,14,15)/t9-/m0/s1. The van der Waals surface area contributed by atoms with Gasteiger partial charge in [-0.2, -0.15) is 0 Å². The lowest BCUT2D eigenvalue weighted by molar-refractivity contribution is -0.142. The smallest absolute Gasteiger partial charge is 0.326 e. The Kier molecular flexibility index (Phi) is 5.33. The molecule has 0 bridgehead atoms. The molecule has 0 aromatic carbocycles. The van der Waals surface area contributed by atoms with Crippen LogP contribution in [0.2, 0.25) is 0 Å². The molecule has 0 spiro atoms. The van der Waals surface area contributed by atoms with Gasteiger partial charge in [0.15, 0.2) is 0 Å². The van der Waals surface area contributed by atoms with Crippen LogP contribution in [0.25, 0.3) is 0 Å². The second-order valence-electron chi connectivity index (χ2n) is 4.71. The van der Waals surface area contributed by atoms with Crippen molar-refractivity contribution in [3.63, 3.8) is 0 Å². The van der Waals surface area contributed by atoms with Crippen LogP contribution in [0.15, 0.2) is 0 Å². The van der Waals surface area contributed by atoms with Gasteiger partial charge in [0.1, 0.15) is 6.04 Å². The summed E-state index contributed by atoms with van der Waals surface area (Å²) < 4.78 is 0. The van der Waals surface area contributed by atoms with Crippen LogP contribution in [0, 0.1) is 5.41 Å². The molecule has 0 heterocycles. The Hall–Kier alpha value is -1.06. The highest BCUT2D eigenvalue weighted by Gasteiger charge is 2.27. The van der Waals surface area contributed by atoms with Crippen LogP contribution in [0.3, 0.4) is 0 Å². The van der Waals surface area contributed by atoms with Gasteiger partial charge in [-0.05, 0) is 18.3 Å². The number of aliphatic carboxylic acids is 1. The molecule has 0 fully saturated rings. The molecule has 0 aliphatic rings. The fraction of sp³-hybridized carbons (Fsp3) is 0.818. The summed E-state index contributed by atoms with van der Waals surface area (Å²) in [7, 11) is 0. The number of carbonyl (C=O) groups excluding carboxylic acids is 1. The highest BCUT2D eigenvalue weighted by Crippen LogP contribution is 2.28. The van der Waals surface area contributed by atoms with E-state index in [1.54, 1.807) is 0 Å². The second kappa shape index (κ2) is 5.73. The van der Waals surface area contributed by atoms with E-state index in [2.05, 4.69) is 12.2 Å². The summed E-state index contributed by atoms with van der Waals surface area (Å²) in [4.78, 5) is 21.7. The van der Waals surface area contributed by atoms with Gasteiger partial charge < -0.3 is 10.4 Å². The third-order valence-electron chi connectivity index (χ3n) is 2.36. The highest BCUT2D eigenvalue weighted by atomic mass is 16.4. The first kappa shape index (κ1) is 13.9. The molecule has 1 amide bonds. The maximum absolute atomic E-state index is 10.9. The minimum Gasteiger partial charge on any atom is -0.480 e. The fourth-order valence-electron chi connectivity index (χ4n) is 1.78. The topological polar surface area (TPSA) is 66.4 Å². The van der Waals surface area contributed by atoms with E-state index in [4.69, 9.17) is 5.11 Å². The molecule has 0 aliphatic carbocycles. The third-order valence-corrected chi connectivity index (χ3v) is 2.36. The molecule has 4 nitrogen and oxygen atoms in total. The normalized spacial score (nSPS) is 13.3. The minimum atomic E-state index is -0.964. The van der Waals surface area contributed by atoms with Gasteiger partial charge in [-0.15, -0.1) is 0 Å². The van der Waals surface area contributed by atoms with E-state index in [1.165, 1.54) is 6.92 Å². The predicted octanol–water partition coefficient (Wildman–Crippen LogP) is 1.79. The molecular weight excluding hydrogens is 194 g/mol. The van der Waals surface area contributed by atoms with Crippen molar-refractivity contribution in [2.45, 2.75) is 53.0 Å². The molecule has 0 saturated carbocycles. The van der Waals surface area contributed by atoms with Crippen molar-refractivity contribution in [3.8, 4) is 0 Å². The number of hydrogen-bond acceptors (Lipinski definition) is 2. The average molecular weight is 215 g/mol. The molecule has 0 aromatic rings. The molecule has 88 valence electrons. The minimum absolute atomic E-state index is 0.0553. The van der Waals surface area contributed by atoms with E-state index in [0.717, 1.165) is 12.8 Å².